The van der Waals surface area contributed by atoms with Crippen LogP contribution in [0.25, 0.3) is 6.08 Å². The minimum atomic E-state index is -0.164. The molecular weight excluding hydrogens is 234 g/mol. The fraction of sp³-hybridized carbons (Fsp3) is 0. The second-order valence-corrected chi connectivity index (χ2v) is 4.51. The Morgan fingerprint density at radius 2 is 2.24 bits per heavy atom. The zero-order valence-corrected chi connectivity index (χ0v) is 9.62. The molecule has 4 nitrogen and oxygen atoms in total. The topological polar surface area (TPSA) is 57.2 Å². The van der Waals surface area contributed by atoms with E-state index in [9.17, 15) is 4.79 Å². The molecule has 2 aromatic rings. The number of hydrogen-bond acceptors (Lipinski definition) is 3. The maximum Gasteiger partial charge on any atom is 0.273 e. The van der Waals surface area contributed by atoms with Crippen molar-refractivity contribution in [2.45, 2.75) is 0 Å². The SMILES string of the molecule is O=C1NN=C(c2cccs2)/C1=C\c1ccc[nH]1. The molecule has 3 rings (SSSR count). The van der Waals surface area contributed by atoms with Crippen molar-refractivity contribution in [2.24, 2.45) is 5.10 Å². The van der Waals surface area contributed by atoms with Gasteiger partial charge in [0.1, 0.15) is 5.71 Å². The molecule has 0 bridgehead atoms. The summed E-state index contributed by atoms with van der Waals surface area (Å²) in [6, 6.07) is 7.69. The zero-order valence-electron chi connectivity index (χ0n) is 8.81. The van der Waals surface area contributed by atoms with E-state index < -0.39 is 0 Å². The van der Waals surface area contributed by atoms with Gasteiger partial charge in [-0.25, -0.2) is 5.43 Å². The van der Waals surface area contributed by atoms with Gasteiger partial charge in [0.05, 0.1) is 10.5 Å². The smallest absolute Gasteiger partial charge is 0.273 e. The van der Waals surface area contributed by atoms with E-state index in [0.717, 1.165) is 10.6 Å². The number of carbonyl (C=O) groups is 1. The van der Waals surface area contributed by atoms with Crippen molar-refractivity contribution in [3.8, 4) is 0 Å². The van der Waals surface area contributed by atoms with E-state index in [1.807, 2.05) is 35.8 Å². The molecule has 2 aromatic heterocycles. The van der Waals surface area contributed by atoms with Gasteiger partial charge in [-0.2, -0.15) is 5.10 Å². The number of aromatic nitrogens is 1. The fourth-order valence-electron chi connectivity index (χ4n) is 1.66. The minimum absolute atomic E-state index is 0.164. The molecule has 0 saturated carbocycles. The maximum atomic E-state index is 11.7. The number of nitrogens with one attached hydrogen (secondary N) is 2. The summed E-state index contributed by atoms with van der Waals surface area (Å²) in [5.74, 6) is -0.164. The van der Waals surface area contributed by atoms with Crippen LogP contribution in [-0.4, -0.2) is 16.6 Å². The lowest BCUT2D eigenvalue weighted by Gasteiger charge is -1.97. The molecular formula is C12H9N3OS. The summed E-state index contributed by atoms with van der Waals surface area (Å²) >= 11 is 1.56. The van der Waals surface area contributed by atoms with Crippen LogP contribution in [0.3, 0.4) is 0 Å². The summed E-state index contributed by atoms with van der Waals surface area (Å²) in [6.45, 7) is 0. The van der Waals surface area contributed by atoms with Crippen molar-refractivity contribution in [1.29, 1.82) is 0 Å². The number of carbonyl (C=O) groups excluding carboxylic acids is 1. The third-order valence-electron chi connectivity index (χ3n) is 2.45. The predicted molar refractivity (Wildman–Crippen MR) is 67.8 cm³/mol. The quantitative estimate of drug-likeness (QED) is 0.779. The summed E-state index contributed by atoms with van der Waals surface area (Å²) in [4.78, 5) is 15.7. The van der Waals surface area contributed by atoms with Gasteiger partial charge in [-0.3, -0.25) is 4.79 Å². The molecule has 0 aliphatic carbocycles. The molecule has 84 valence electrons. The molecule has 5 heteroatoms. The molecule has 17 heavy (non-hydrogen) atoms. The van der Waals surface area contributed by atoms with Crippen molar-refractivity contribution in [3.63, 3.8) is 0 Å². The van der Waals surface area contributed by atoms with Crippen molar-refractivity contribution >= 4 is 29.0 Å². The zero-order chi connectivity index (χ0) is 11.7. The largest absolute Gasteiger partial charge is 0.362 e. The van der Waals surface area contributed by atoms with Gasteiger partial charge in [0, 0.05) is 11.9 Å². The van der Waals surface area contributed by atoms with Gasteiger partial charge in [0.15, 0.2) is 0 Å². The van der Waals surface area contributed by atoms with Crippen LogP contribution in [0.1, 0.15) is 10.6 Å². The highest BCUT2D eigenvalue weighted by atomic mass is 32.1. The fourth-order valence-corrected chi connectivity index (χ4v) is 2.39. The van der Waals surface area contributed by atoms with E-state index in [2.05, 4.69) is 15.5 Å². The molecule has 1 aliphatic heterocycles. The van der Waals surface area contributed by atoms with Crippen molar-refractivity contribution < 1.29 is 4.79 Å². The van der Waals surface area contributed by atoms with Gasteiger partial charge in [-0.15, -0.1) is 11.3 Å². The van der Waals surface area contributed by atoms with Gasteiger partial charge in [-0.05, 0) is 29.7 Å². The van der Waals surface area contributed by atoms with Crippen LogP contribution in [-0.2, 0) is 4.79 Å². The summed E-state index contributed by atoms with van der Waals surface area (Å²) in [5.41, 5.74) is 4.68. The van der Waals surface area contributed by atoms with Crippen LogP contribution in [0.5, 0.6) is 0 Å². The molecule has 0 spiro atoms. The van der Waals surface area contributed by atoms with Crippen LogP contribution in [0.4, 0.5) is 0 Å². The number of hydrazone groups is 1. The lowest BCUT2D eigenvalue weighted by atomic mass is 10.1. The van der Waals surface area contributed by atoms with E-state index in [1.165, 1.54) is 0 Å². The molecule has 0 radical (unpaired) electrons. The first-order valence-electron chi connectivity index (χ1n) is 5.12. The standard InChI is InChI=1S/C12H9N3OS/c16-12-9(7-8-3-1-5-13-8)11(14-15-12)10-4-2-6-17-10/h1-7,13H,(H,15,16)/b9-7+. The summed E-state index contributed by atoms with van der Waals surface area (Å²) in [5, 5.41) is 6.03. The molecule has 1 amide bonds. The Morgan fingerprint density at radius 3 is 2.94 bits per heavy atom. The highest BCUT2D eigenvalue weighted by Gasteiger charge is 2.24. The third-order valence-corrected chi connectivity index (χ3v) is 3.32. The third kappa shape index (κ3) is 1.81. The molecule has 2 N–H and O–H groups in total. The van der Waals surface area contributed by atoms with Gasteiger partial charge in [-0.1, -0.05) is 6.07 Å². The number of H-pyrrole nitrogens is 1. The number of rotatable bonds is 2. The second-order valence-electron chi connectivity index (χ2n) is 3.56. The highest BCUT2D eigenvalue weighted by molar-refractivity contribution is 7.12. The molecule has 0 unspecified atom stereocenters. The number of amides is 1. The monoisotopic (exact) mass is 243 g/mol. The predicted octanol–water partition coefficient (Wildman–Crippen LogP) is 1.99. The maximum absolute atomic E-state index is 11.7. The van der Waals surface area contributed by atoms with Gasteiger partial charge < -0.3 is 4.98 Å². The number of aromatic amines is 1. The highest BCUT2D eigenvalue weighted by Crippen LogP contribution is 2.20. The van der Waals surface area contributed by atoms with Gasteiger partial charge >= 0.3 is 0 Å². The van der Waals surface area contributed by atoms with Crippen LogP contribution in [0.15, 0.2) is 46.5 Å². The molecule has 0 saturated heterocycles. The molecule has 3 heterocycles. The Bertz CT molecular complexity index is 594. The van der Waals surface area contributed by atoms with Crippen LogP contribution in [0, 0.1) is 0 Å². The summed E-state index contributed by atoms with van der Waals surface area (Å²) in [6.07, 6.45) is 3.63. The van der Waals surface area contributed by atoms with Gasteiger partial charge in [0.25, 0.3) is 5.91 Å². The molecule has 0 atom stereocenters. The molecule has 1 aliphatic rings. The van der Waals surface area contributed by atoms with E-state index in [1.54, 1.807) is 17.4 Å². The van der Waals surface area contributed by atoms with E-state index >= 15 is 0 Å². The van der Waals surface area contributed by atoms with Crippen LogP contribution in [0.2, 0.25) is 0 Å². The van der Waals surface area contributed by atoms with E-state index in [-0.39, 0.29) is 5.91 Å². The van der Waals surface area contributed by atoms with E-state index in [4.69, 9.17) is 0 Å². The van der Waals surface area contributed by atoms with Crippen molar-refractivity contribution in [2.75, 3.05) is 0 Å². The minimum Gasteiger partial charge on any atom is -0.362 e. The first-order chi connectivity index (χ1) is 8.34. The van der Waals surface area contributed by atoms with Crippen molar-refractivity contribution in [1.82, 2.24) is 10.4 Å². The summed E-state index contributed by atoms with van der Waals surface area (Å²) < 4.78 is 0. The Kier molecular flexibility index (Phi) is 2.38. The normalized spacial score (nSPS) is 17.3. The molecule has 0 aromatic carbocycles. The second kappa shape index (κ2) is 4.03. The first-order valence-corrected chi connectivity index (χ1v) is 6.00. The first kappa shape index (κ1) is 10.0. The van der Waals surface area contributed by atoms with Gasteiger partial charge in [0.2, 0.25) is 0 Å². The lowest BCUT2D eigenvalue weighted by molar-refractivity contribution is -0.116. The Morgan fingerprint density at radius 1 is 1.29 bits per heavy atom. The Labute approximate surface area is 102 Å². The number of thiophene rings is 1. The Hall–Kier alpha value is -2.14. The molecule has 0 fully saturated rings. The average molecular weight is 243 g/mol. The number of hydrogen-bond donors (Lipinski definition) is 2. The van der Waals surface area contributed by atoms with Crippen molar-refractivity contribution in [3.05, 3.63) is 52.0 Å². The number of nitrogens with zero attached hydrogens (tertiary/aromatic N) is 1. The Balaban J connectivity index is 2.03. The van der Waals surface area contributed by atoms with E-state index in [0.29, 0.717) is 11.3 Å². The summed E-state index contributed by atoms with van der Waals surface area (Å²) in [7, 11) is 0. The average Bonchev–Trinajstić information content (AvgIpc) is 3.03. The van der Waals surface area contributed by atoms with Crippen LogP contribution >= 0.6 is 11.3 Å². The lowest BCUT2D eigenvalue weighted by Crippen LogP contribution is -2.13. The van der Waals surface area contributed by atoms with Crippen LogP contribution < -0.4 is 5.43 Å².